The molecule has 0 saturated heterocycles. The van der Waals surface area contributed by atoms with E-state index in [9.17, 15) is 4.79 Å². The molecule has 0 unspecified atom stereocenters. The van der Waals surface area contributed by atoms with E-state index < -0.39 is 0 Å². The van der Waals surface area contributed by atoms with Crippen LogP contribution in [0.4, 0.5) is 5.69 Å². The number of anilines is 1. The zero-order valence-corrected chi connectivity index (χ0v) is 12.3. The van der Waals surface area contributed by atoms with Gasteiger partial charge in [-0.2, -0.15) is 5.10 Å². The van der Waals surface area contributed by atoms with Crippen LogP contribution in [0.1, 0.15) is 28.7 Å². The Labute approximate surface area is 122 Å². The third-order valence-corrected chi connectivity index (χ3v) is 3.54. The second-order valence-electron chi connectivity index (χ2n) is 4.88. The fourth-order valence-corrected chi connectivity index (χ4v) is 2.50. The lowest BCUT2D eigenvalue weighted by molar-refractivity contribution is 0.102. The number of hydrogen-bond donors (Lipinski definition) is 1. The van der Waals surface area contributed by atoms with Crippen molar-refractivity contribution in [2.45, 2.75) is 27.3 Å². The number of ether oxygens (including phenoxy) is 2. The number of nitrogens with one attached hydrogen (secondary N) is 1. The van der Waals surface area contributed by atoms with Crippen molar-refractivity contribution in [2.24, 2.45) is 0 Å². The molecule has 2 heterocycles. The molecule has 0 saturated carbocycles. The van der Waals surface area contributed by atoms with Crippen molar-refractivity contribution in [2.75, 3.05) is 12.1 Å². The molecule has 1 aromatic carbocycles. The maximum atomic E-state index is 12.4. The van der Waals surface area contributed by atoms with Crippen molar-refractivity contribution in [1.29, 1.82) is 0 Å². The van der Waals surface area contributed by atoms with Gasteiger partial charge < -0.3 is 14.8 Å². The van der Waals surface area contributed by atoms with Crippen LogP contribution in [-0.4, -0.2) is 22.5 Å². The van der Waals surface area contributed by atoms with E-state index in [1.807, 2.05) is 25.5 Å². The first-order valence-electron chi connectivity index (χ1n) is 6.85. The Kier molecular flexibility index (Phi) is 3.29. The average Bonchev–Trinajstić information content (AvgIpc) is 3.02. The van der Waals surface area contributed by atoms with Gasteiger partial charge in [-0.3, -0.25) is 9.48 Å². The molecule has 1 aliphatic heterocycles. The number of fused-ring (bicyclic) bond motifs is 1. The van der Waals surface area contributed by atoms with Gasteiger partial charge in [0.1, 0.15) is 0 Å². The van der Waals surface area contributed by atoms with E-state index in [0.717, 1.165) is 17.9 Å². The monoisotopic (exact) mass is 287 g/mol. The Bertz CT molecular complexity index is 706. The largest absolute Gasteiger partial charge is 0.454 e. The van der Waals surface area contributed by atoms with Gasteiger partial charge in [0, 0.05) is 24.0 Å². The van der Waals surface area contributed by atoms with Crippen molar-refractivity contribution in [3.8, 4) is 11.5 Å². The van der Waals surface area contributed by atoms with Gasteiger partial charge in [-0.15, -0.1) is 0 Å². The molecule has 1 N–H and O–H groups in total. The van der Waals surface area contributed by atoms with Gasteiger partial charge >= 0.3 is 0 Å². The molecule has 6 nitrogen and oxygen atoms in total. The minimum atomic E-state index is -0.163. The predicted octanol–water partition coefficient (Wildman–Crippen LogP) is 2.50. The van der Waals surface area contributed by atoms with E-state index in [-0.39, 0.29) is 12.7 Å². The lowest BCUT2D eigenvalue weighted by Crippen LogP contribution is -2.14. The highest BCUT2D eigenvalue weighted by Gasteiger charge is 2.19. The summed E-state index contributed by atoms with van der Waals surface area (Å²) >= 11 is 0. The normalized spacial score (nSPS) is 12.5. The number of carbonyl (C=O) groups excluding carboxylic acids is 1. The second-order valence-corrected chi connectivity index (χ2v) is 4.88. The minimum Gasteiger partial charge on any atom is -0.454 e. The Balaban J connectivity index is 1.85. The summed E-state index contributed by atoms with van der Waals surface area (Å²) in [5.41, 5.74) is 2.89. The van der Waals surface area contributed by atoms with Crippen LogP contribution < -0.4 is 14.8 Å². The quantitative estimate of drug-likeness (QED) is 0.942. The molecular weight excluding hydrogens is 270 g/mol. The third kappa shape index (κ3) is 2.33. The first-order chi connectivity index (χ1) is 10.1. The zero-order valence-electron chi connectivity index (χ0n) is 12.3. The number of carbonyl (C=O) groups is 1. The van der Waals surface area contributed by atoms with Crippen molar-refractivity contribution < 1.29 is 14.3 Å². The van der Waals surface area contributed by atoms with Crippen LogP contribution in [0.25, 0.3) is 0 Å². The molecule has 0 atom stereocenters. The van der Waals surface area contributed by atoms with Crippen LogP contribution in [0.2, 0.25) is 0 Å². The lowest BCUT2D eigenvalue weighted by Gasteiger charge is -2.07. The molecule has 6 heteroatoms. The van der Waals surface area contributed by atoms with E-state index in [1.165, 1.54) is 0 Å². The number of aromatic nitrogens is 2. The summed E-state index contributed by atoms with van der Waals surface area (Å²) in [6.45, 7) is 6.70. The zero-order chi connectivity index (χ0) is 15.0. The topological polar surface area (TPSA) is 65.4 Å². The molecule has 0 fully saturated rings. The molecular formula is C15H17N3O3. The second kappa shape index (κ2) is 5.12. The van der Waals surface area contributed by atoms with E-state index >= 15 is 0 Å². The van der Waals surface area contributed by atoms with Crippen molar-refractivity contribution in [1.82, 2.24) is 9.78 Å². The van der Waals surface area contributed by atoms with Crippen LogP contribution in [0.3, 0.4) is 0 Å². The molecule has 110 valence electrons. The van der Waals surface area contributed by atoms with Crippen molar-refractivity contribution >= 4 is 11.6 Å². The Morgan fingerprint density at radius 3 is 2.81 bits per heavy atom. The van der Waals surface area contributed by atoms with E-state index in [1.54, 1.807) is 18.2 Å². The first-order valence-corrected chi connectivity index (χ1v) is 6.85. The summed E-state index contributed by atoms with van der Waals surface area (Å²) in [7, 11) is 0. The maximum absolute atomic E-state index is 12.4. The molecule has 0 radical (unpaired) electrons. The Morgan fingerprint density at radius 1 is 1.33 bits per heavy atom. The summed E-state index contributed by atoms with van der Waals surface area (Å²) in [4.78, 5) is 12.4. The van der Waals surface area contributed by atoms with Gasteiger partial charge in [0.05, 0.1) is 11.3 Å². The van der Waals surface area contributed by atoms with Gasteiger partial charge in [0.15, 0.2) is 11.5 Å². The highest BCUT2D eigenvalue weighted by molar-refractivity contribution is 6.06. The first kappa shape index (κ1) is 13.5. The fraction of sp³-hybridized carbons (Fsp3) is 0.333. The van der Waals surface area contributed by atoms with Crippen LogP contribution in [0, 0.1) is 13.8 Å². The van der Waals surface area contributed by atoms with E-state index in [2.05, 4.69) is 10.4 Å². The van der Waals surface area contributed by atoms with E-state index in [4.69, 9.17) is 9.47 Å². The van der Waals surface area contributed by atoms with Gasteiger partial charge in [0.2, 0.25) is 6.79 Å². The molecule has 0 bridgehead atoms. The summed E-state index contributed by atoms with van der Waals surface area (Å²) in [5.74, 6) is 1.17. The van der Waals surface area contributed by atoms with Crippen molar-refractivity contribution in [3.63, 3.8) is 0 Å². The molecule has 1 aliphatic rings. The fourth-order valence-electron chi connectivity index (χ4n) is 2.50. The SMILES string of the molecule is CCn1nc(C)c(C(=O)Nc2ccc3c(c2)OCO3)c1C. The van der Waals surface area contributed by atoms with Gasteiger partial charge in [-0.05, 0) is 32.9 Å². The summed E-state index contributed by atoms with van der Waals surface area (Å²) < 4.78 is 12.4. The van der Waals surface area contributed by atoms with Gasteiger partial charge in [0.25, 0.3) is 5.91 Å². The summed E-state index contributed by atoms with van der Waals surface area (Å²) in [6, 6.07) is 5.34. The molecule has 0 spiro atoms. The highest BCUT2D eigenvalue weighted by Crippen LogP contribution is 2.34. The Morgan fingerprint density at radius 2 is 2.10 bits per heavy atom. The van der Waals surface area contributed by atoms with Crippen LogP contribution in [0.15, 0.2) is 18.2 Å². The van der Waals surface area contributed by atoms with Crippen LogP contribution in [-0.2, 0) is 6.54 Å². The van der Waals surface area contributed by atoms with Crippen LogP contribution in [0.5, 0.6) is 11.5 Å². The molecule has 3 rings (SSSR count). The van der Waals surface area contributed by atoms with Crippen LogP contribution >= 0.6 is 0 Å². The summed E-state index contributed by atoms with van der Waals surface area (Å²) in [6.07, 6.45) is 0. The van der Waals surface area contributed by atoms with E-state index in [0.29, 0.717) is 22.7 Å². The molecule has 1 aromatic heterocycles. The number of aryl methyl sites for hydroxylation is 2. The number of nitrogens with zero attached hydrogens (tertiary/aromatic N) is 2. The summed E-state index contributed by atoms with van der Waals surface area (Å²) in [5, 5.41) is 7.24. The minimum absolute atomic E-state index is 0.163. The number of benzene rings is 1. The number of hydrogen-bond acceptors (Lipinski definition) is 4. The molecule has 2 aromatic rings. The third-order valence-electron chi connectivity index (χ3n) is 3.54. The lowest BCUT2D eigenvalue weighted by atomic mass is 10.1. The maximum Gasteiger partial charge on any atom is 0.259 e. The molecule has 21 heavy (non-hydrogen) atoms. The standard InChI is InChI=1S/C15H17N3O3/c1-4-18-10(3)14(9(2)17-18)15(19)16-11-5-6-12-13(7-11)21-8-20-12/h5-7H,4,8H2,1-3H3,(H,16,19). The van der Waals surface area contributed by atoms with Gasteiger partial charge in [-0.1, -0.05) is 0 Å². The van der Waals surface area contributed by atoms with Gasteiger partial charge in [-0.25, -0.2) is 0 Å². The average molecular weight is 287 g/mol. The Hall–Kier alpha value is -2.50. The number of rotatable bonds is 3. The number of amides is 1. The highest BCUT2D eigenvalue weighted by atomic mass is 16.7. The van der Waals surface area contributed by atoms with Crippen molar-refractivity contribution in [3.05, 3.63) is 35.2 Å². The molecule has 0 aliphatic carbocycles. The molecule has 1 amide bonds. The smallest absolute Gasteiger partial charge is 0.259 e. The predicted molar refractivity (Wildman–Crippen MR) is 77.9 cm³/mol.